The number of anilines is 1. The second kappa shape index (κ2) is 7.46. The average molecular weight is 471 g/mol. The van der Waals surface area contributed by atoms with Crippen molar-refractivity contribution in [1.82, 2.24) is 0 Å². The Hall–Kier alpha value is -2.96. The molecule has 1 aliphatic carbocycles. The first-order valence-corrected chi connectivity index (χ1v) is 10.5. The molecule has 4 rings (SSSR count). The molecule has 0 amide bonds. The molecule has 1 atom stereocenters. The van der Waals surface area contributed by atoms with Gasteiger partial charge in [-0.05, 0) is 53.0 Å². The summed E-state index contributed by atoms with van der Waals surface area (Å²) in [5.41, 5.74) is 8.67. The van der Waals surface area contributed by atoms with E-state index in [-0.39, 0.29) is 17.3 Å². The van der Waals surface area contributed by atoms with Crippen LogP contribution in [0.2, 0.25) is 0 Å². The molecule has 9 heteroatoms. The van der Waals surface area contributed by atoms with Gasteiger partial charge >= 0.3 is 0 Å². The Morgan fingerprint density at radius 2 is 1.97 bits per heavy atom. The summed E-state index contributed by atoms with van der Waals surface area (Å²) in [7, 11) is 0. The van der Waals surface area contributed by atoms with E-state index in [1.165, 1.54) is 23.5 Å². The molecule has 0 saturated heterocycles. The quantitative estimate of drug-likeness (QED) is 0.512. The van der Waals surface area contributed by atoms with Gasteiger partial charge in [-0.1, -0.05) is 0 Å². The van der Waals surface area contributed by atoms with Gasteiger partial charge in [0.1, 0.15) is 5.82 Å². The van der Waals surface area contributed by atoms with E-state index in [2.05, 4.69) is 22.0 Å². The monoisotopic (exact) mass is 470 g/mol. The molecule has 0 fully saturated rings. The zero-order chi connectivity index (χ0) is 20.7. The number of carbonyl (C=O) groups excluding carboxylic acids is 1. The maximum absolute atomic E-state index is 13.0. The van der Waals surface area contributed by atoms with Crippen molar-refractivity contribution in [2.24, 2.45) is 5.73 Å². The number of nitro groups is 1. The average Bonchev–Trinajstić information content (AvgIpc) is 3.13. The normalized spacial score (nSPS) is 19.2. The van der Waals surface area contributed by atoms with Crippen LogP contribution in [0.15, 0.2) is 62.8 Å². The van der Waals surface area contributed by atoms with Crippen LogP contribution in [0.1, 0.15) is 30.1 Å². The Balaban J connectivity index is 1.92. The first-order chi connectivity index (χ1) is 13.9. The number of non-ortho nitro benzene ring substituents is 1. The number of nitrogens with zero attached hydrogens (tertiary/aromatic N) is 3. The predicted molar refractivity (Wildman–Crippen MR) is 113 cm³/mol. The van der Waals surface area contributed by atoms with Crippen molar-refractivity contribution in [3.8, 4) is 6.07 Å². The number of rotatable bonds is 3. The highest BCUT2D eigenvalue weighted by Gasteiger charge is 2.40. The number of ketones is 1. The molecule has 29 heavy (non-hydrogen) atoms. The molecule has 2 aliphatic rings. The molecule has 146 valence electrons. The van der Waals surface area contributed by atoms with Gasteiger partial charge in [0.15, 0.2) is 5.78 Å². The third-order valence-electron chi connectivity index (χ3n) is 5.11. The van der Waals surface area contributed by atoms with Crippen LogP contribution in [0.5, 0.6) is 0 Å². The summed E-state index contributed by atoms with van der Waals surface area (Å²) in [6.07, 6.45) is 1.76. The number of Topliss-reactive ketones (excluding diaryl/α,β-unsaturated/α-hetero) is 1. The Morgan fingerprint density at radius 1 is 1.24 bits per heavy atom. The fraction of sp³-hybridized carbons (Fsp3) is 0.200. The number of thiophene rings is 1. The number of nitro benzene ring substituents is 1. The molecule has 0 spiro atoms. The standard InChI is InChI=1S/C20H15BrN4O3S/c21-17-9-8-16(29-17)18-13(10-22)20(23)24(14-2-1-3-15(26)19(14)18)11-4-6-12(7-5-11)25(27)28/h4-9,18H,1-3,23H2/t18-/m1/s1. The number of allylic oxidation sites excluding steroid dienone is 3. The van der Waals surface area contributed by atoms with Crippen LogP contribution < -0.4 is 10.6 Å². The summed E-state index contributed by atoms with van der Waals surface area (Å²) in [6, 6.07) is 12.0. The molecule has 7 nitrogen and oxygen atoms in total. The van der Waals surface area contributed by atoms with Gasteiger partial charge in [0.25, 0.3) is 5.69 Å². The van der Waals surface area contributed by atoms with Crippen LogP contribution >= 0.6 is 27.3 Å². The lowest BCUT2D eigenvalue weighted by Gasteiger charge is -2.39. The smallest absolute Gasteiger partial charge is 0.269 e. The summed E-state index contributed by atoms with van der Waals surface area (Å²) in [5, 5.41) is 20.9. The van der Waals surface area contributed by atoms with Crippen LogP contribution in [0.4, 0.5) is 11.4 Å². The molecule has 1 aromatic heterocycles. The topological polar surface area (TPSA) is 113 Å². The molecule has 2 heterocycles. The number of nitrogens with two attached hydrogens (primary N) is 1. The summed E-state index contributed by atoms with van der Waals surface area (Å²) >= 11 is 4.92. The number of carbonyl (C=O) groups is 1. The third-order valence-corrected chi connectivity index (χ3v) is 6.80. The van der Waals surface area contributed by atoms with E-state index in [9.17, 15) is 20.2 Å². The zero-order valence-electron chi connectivity index (χ0n) is 15.1. The van der Waals surface area contributed by atoms with Gasteiger partial charge in [-0.3, -0.25) is 19.8 Å². The molecular weight excluding hydrogens is 456 g/mol. The molecule has 0 unspecified atom stereocenters. The summed E-state index contributed by atoms with van der Waals surface area (Å²) < 4.78 is 0.909. The Bertz CT molecular complexity index is 1130. The van der Waals surface area contributed by atoms with Gasteiger partial charge in [-0.25, -0.2) is 0 Å². The lowest BCUT2D eigenvalue weighted by molar-refractivity contribution is -0.384. The lowest BCUT2D eigenvalue weighted by atomic mass is 9.78. The van der Waals surface area contributed by atoms with Crippen molar-refractivity contribution in [1.29, 1.82) is 5.26 Å². The van der Waals surface area contributed by atoms with Crippen molar-refractivity contribution in [2.75, 3.05) is 4.90 Å². The van der Waals surface area contributed by atoms with E-state index in [4.69, 9.17) is 5.73 Å². The molecule has 0 bridgehead atoms. The maximum atomic E-state index is 13.0. The minimum Gasteiger partial charge on any atom is -0.384 e. The van der Waals surface area contributed by atoms with Gasteiger partial charge < -0.3 is 5.73 Å². The second-order valence-electron chi connectivity index (χ2n) is 6.73. The van der Waals surface area contributed by atoms with Crippen molar-refractivity contribution < 1.29 is 9.72 Å². The molecule has 0 saturated carbocycles. The van der Waals surface area contributed by atoms with Crippen LogP contribution in [-0.4, -0.2) is 10.7 Å². The number of benzene rings is 1. The Morgan fingerprint density at radius 3 is 2.55 bits per heavy atom. The molecular formula is C20H15BrN4O3S. The SMILES string of the molecule is N#CC1=C(N)N(c2ccc([N+](=O)[O-])cc2)C2=C(C(=O)CCC2)[C@H]1c1ccc(Br)s1. The first-order valence-electron chi connectivity index (χ1n) is 8.88. The zero-order valence-corrected chi connectivity index (χ0v) is 17.5. The summed E-state index contributed by atoms with van der Waals surface area (Å²) in [5.74, 6) is -0.231. The highest BCUT2D eigenvalue weighted by atomic mass is 79.9. The highest BCUT2D eigenvalue weighted by Crippen LogP contribution is 2.48. The van der Waals surface area contributed by atoms with E-state index >= 15 is 0 Å². The van der Waals surface area contributed by atoms with Crippen molar-refractivity contribution in [3.05, 3.63) is 77.8 Å². The number of nitriles is 1. The molecule has 2 aromatic rings. The Labute approximate surface area is 179 Å². The van der Waals surface area contributed by atoms with E-state index in [1.54, 1.807) is 17.0 Å². The van der Waals surface area contributed by atoms with Gasteiger partial charge in [-0.2, -0.15) is 5.26 Å². The minimum absolute atomic E-state index is 0.00735. The van der Waals surface area contributed by atoms with Crippen molar-refractivity contribution in [3.63, 3.8) is 0 Å². The summed E-state index contributed by atoms with van der Waals surface area (Å²) in [4.78, 5) is 26.0. The van der Waals surface area contributed by atoms with E-state index < -0.39 is 10.8 Å². The largest absolute Gasteiger partial charge is 0.384 e. The minimum atomic E-state index is -0.492. The highest BCUT2D eigenvalue weighted by molar-refractivity contribution is 9.11. The van der Waals surface area contributed by atoms with E-state index in [1.807, 2.05) is 12.1 Å². The van der Waals surface area contributed by atoms with Crippen LogP contribution in [0.3, 0.4) is 0 Å². The fourth-order valence-electron chi connectivity index (χ4n) is 3.87. The van der Waals surface area contributed by atoms with E-state index in [0.29, 0.717) is 36.1 Å². The number of hydrogen-bond donors (Lipinski definition) is 1. The molecule has 0 radical (unpaired) electrons. The first kappa shape index (κ1) is 19.4. The van der Waals surface area contributed by atoms with Gasteiger partial charge in [0.2, 0.25) is 0 Å². The van der Waals surface area contributed by atoms with Crippen molar-refractivity contribution in [2.45, 2.75) is 25.2 Å². The molecule has 1 aromatic carbocycles. The van der Waals surface area contributed by atoms with Crippen LogP contribution in [0.25, 0.3) is 0 Å². The Kier molecular flexibility index (Phi) is 4.98. The van der Waals surface area contributed by atoms with Gasteiger partial charge in [-0.15, -0.1) is 11.3 Å². The summed E-state index contributed by atoms with van der Waals surface area (Å²) in [6.45, 7) is 0. The number of halogens is 1. The molecule has 2 N–H and O–H groups in total. The van der Waals surface area contributed by atoms with E-state index in [0.717, 1.165) is 14.4 Å². The maximum Gasteiger partial charge on any atom is 0.269 e. The number of hydrogen-bond acceptors (Lipinski definition) is 7. The molecule has 1 aliphatic heterocycles. The van der Waals surface area contributed by atoms with Gasteiger partial charge in [0, 0.05) is 40.4 Å². The lowest BCUT2D eigenvalue weighted by Crippen LogP contribution is -2.38. The fourth-order valence-corrected chi connectivity index (χ4v) is 5.42. The van der Waals surface area contributed by atoms with Crippen LogP contribution in [0, 0.1) is 21.4 Å². The van der Waals surface area contributed by atoms with Crippen molar-refractivity contribution >= 4 is 44.4 Å². The second-order valence-corrected chi connectivity index (χ2v) is 9.23. The third kappa shape index (κ3) is 3.24. The van der Waals surface area contributed by atoms with Gasteiger partial charge in [0.05, 0.1) is 26.3 Å². The van der Waals surface area contributed by atoms with Crippen LogP contribution in [-0.2, 0) is 4.79 Å². The predicted octanol–water partition coefficient (Wildman–Crippen LogP) is 4.72.